The molecule has 0 fully saturated rings. The SMILES string of the molecule is O=c1c2ccccc2c(=O)c2c1ccc1[nH]c3c(ccc4c(=O)c5ccccc5c(=O)c43)[nH]c12.[Cu]. The smallest absolute Gasteiger partial charge is 0.196 e. The van der Waals surface area contributed by atoms with Crippen LogP contribution in [0.3, 0.4) is 0 Å². The van der Waals surface area contributed by atoms with Gasteiger partial charge in [-0.15, -0.1) is 0 Å². The molecule has 0 aliphatic carbocycles. The van der Waals surface area contributed by atoms with E-state index in [0.29, 0.717) is 65.2 Å². The van der Waals surface area contributed by atoms with Crippen molar-refractivity contribution in [2.24, 2.45) is 0 Å². The van der Waals surface area contributed by atoms with Crippen LogP contribution in [0.5, 0.6) is 0 Å². The Hall–Kier alpha value is -4.32. The fourth-order valence-electron chi connectivity index (χ4n) is 5.11. The van der Waals surface area contributed by atoms with Gasteiger partial charge in [0.25, 0.3) is 0 Å². The topological polar surface area (TPSA) is 99.9 Å². The summed E-state index contributed by atoms with van der Waals surface area (Å²) >= 11 is 0. The Morgan fingerprint density at radius 2 is 0.743 bits per heavy atom. The quantitative estimate of drug-likeness (QED) is 0.184. The van der Waals surface area contributed by atoms with Gasteiger partial charge in [0, 0.05) is 49.4 Å². The van der Waals surface area contributed by atoms with E-state index in [2.05, 4.69) is 9.97 Å². The maximum absolute atomic E-state index is 13.4. The molecule has 171 valence electrons. The van der Waals surface area contributed by atoms with Gasteiger partial charge >= 0.3 is 0 Å². The van der Waals surface area contributed by atoms with Crippen LogP contribution in [0, 0.1) is 0 Å². The normalized spacial score (nSPS) is 11.7. The van der Waals surface area contributed by atoms with E-state index in [1.165, 1.54) is 0 Å². The van der Waals surface area contributed by atoms with E-state index in [-0.39, 0.29) is 38.8 Å². The van der Waals surface area contributed by atoms with Crippen LogP contribution in [-0.4, -0.2) is 9.97 Å². The fraction of sp³-hybridized carbons (Fsp3) is 0. The van der Waals surface area contributed by atoms with Gasteiger partial charge in [0.15, 0.2) is 21.7 Å². The van der Waals surface area contributed by atoms with E-state index in [0.717, 1.165) is 0 Å². The Morgan fingerprint density at radius 1 is 0.400 bits per heavy atom. The molecule has 0 saturated carbocycles. The van der Waals surface area contributed by atoms with Gasteiger partial charge in [-0.05, 0) is 24.3 Å². The summed E-state index contributed by atoms with van der Waals surface area (Å²) < 4.78 is 0. The molecule has 2 N–H and O–H groups in total. The van der Waals surface area contributed by atoms with Gasteiger partial charge in [-0.2, -0.15) is 0 Å². The second kappa shape index (κ2) is 7.34. The molecule has 0 aliphatic heterocycles. The minimum atomic E-state index is -0.238. The number of aromatic amines is 2. The van der Waals surface area contributed by atoms with Crippen molar-refractivity contribution >= 4 is 65.2 Å². The van der Waals surface area contributed by atoms with Crippen LogP contribution >= 0.6 is 0 Å². The third-order valence-corrected chi connectivity index (χ3v) is 6.71. The fourth-order valence-corrected chi connectivity index (χ4v) is 5.11. The predicted octanol–water partition coefficient (Wildman–Crippen LogP) is 4.14. The van der Waals surface area contributed by atoms with Crippen LogP contribution in [0.15, 0.2) is 92.0 Å². The van der Waals surface area contributed by atoms with E-state index >= 15 is 0 Å². The predicted molar refractivity (Wildman–Crippen MR) is 136 cm³/mol. The summed E-state index contributed by atoms with van der Waals surface area (Å²) in [5.41, 5.74) is 1.18. The molecule has 0 unspecified atom stereocenters. The van der Waals surface area contributed by atoms with Crippen LogP contribution < -0.4 is 21.7 Å². The van der Waals surface area contributed by atoms with Gasteiger partial charge < -0.3 is 9.97 Å². The number of aromatic nitrogens is 2. The Bertz CT molecular complexity index is 2110. The van der Waals surface area contributed by atoms with Crippen LogP contribution in [0.4, 0.5) is 0 Å². The Balaban J connectivity index is 0.00000229. The summed E-state index contributed by atoms with van der Waals surface area (Å²) in [5.74, 6) is 0. The van der Waals surface area contributed by atoms with Crippen molar-refractivity contribution in [2.75, 3.05) is 0 Å². The number of benzene rings is 6. The van der Waals surface area contributed by atoms with Gasteiger partial charge in [0.05, 0.1) is 32.8 Å². The first kappa shape index (κ1) is 21.2. The maximum atomic E-state index is 13.4. The van der Waals surface area contributed by atoms with Crippen LogP contribution in [0.1, 0.15) is 0 Å². The number of rotatable bonds is 0. The zero-order valence-electron chi connectivity index (χ0n) is 17.9. The number of H-pyrrole nitrogens is 2. The zero-order valence-corrected chi connectivity index (χ0v) is 18.8. The van der Waals surface area contributed by atoms with Crippen molar-refractivity contribution < 1.29 is 17.1 Å². The summed E-state index contributed by atoms with van der Waals surface area (Å²) in [5, 5.41) is 2.76. The van der Waals surface area contributed by atoms with Gasteiger partial charge in [-0.3, -0.25) is 19.2 Å². The molecule has 7 aromatic rings. The first-order valence-corrected chi connectivity index (χ1v) is 10.8. The van der Waals surface area contributed by atoms with E-state index in [1.54, 1.807) is 72.8 Å². The molecular weight excluding hydrogens is 492 g/mol. The van der Waals surface area contributed by atoms with E-state index in [1.807, 2.05) is 0 Å². The van der Waals surface area contributed by atoms with Crippen molar-refractivity contribution in [3.8, 4) is 0 Å². The minimum absolute atomic E-state index is 0. The van der Waals surface area contributed by atoms with Crippen molar-refractivity contribution in [1.82, 2.24) is 9.97 Å². The molecule has 7 rings (SSSR count). The van der Waals surface area contributed by atoms with Crippen molar-refractivity contribution in [3.05, 3.63) is 114 Å². The van der Waals surface area contributed by atoms with Gasteiger partial charge in [0.1, 0.15) is 0 Å². The molecule has 0 saturated heterocycles. The molecule has 0 bridgehead atoms. The molecule has 1 heterocycles. The molecule has 0 spiro atoms. The largest absolute Gasteiger partial charge is 0.351 e. The molecule has 35 heavy (non-hydrogen) atoms. The van der Waals surface area contributed by atoms with Crippen LogP contribution in [0.2, 0.25) is 0 Å². The standard InChI is InChI=1S/C28H14N2O4.Cu/c31-25-13-5-1-3-7-15(13)27(33)21-17(25)9-11-19-23(21)29-20-12-10-18-22(24(20)30-19)28(34)16-8-4-2-6-14(16)26(18)32;/h1-12,29-30H;. The van der Waals surface area contributed by atoms with Gasteiger partial charge in [-0.1, -0.05) is 48.5 Å². The van der Waals surface area contributed by atoms with Crippen molar-refractivity contribution in [3.63, 3.8) is 0 Å². The van der Waals surface area contributed by atoms with E-state index in [9.17, 15) is 19.2 Å². The third kappa shape index (κ3) is 2.71. The Kier molecular flexibility index (Phi) is 4.45. The monoisotopic (exact) mass is 505 g/mol. The van der Waals surface area contributed by atoms with Gasteiger partial charge in [0.2, 0.25) is 0 Å². The maximum Gasteiger partial charge on any atom is 0.196 e. The Labute approximate surface area is 205 Å². The van der Waals surface area contributed by atoms with E-state index < -0.39 is 0 Å². The molecule has 6 aromatic carbocycles. The van der Waals surface area contributed by atoms with Crippen molar-refractivity contribution in [2.45, 2.75) is 0 Å². The van der Waals surface area contributed by atoms with E-state index in [4.69, 9.17) is 0 Å². The third-order valence-electron chi connectivity index (χ3n) is 6.71. The summed E-state index contributed by atoms with van der Waals surface area (Å²) in [6, 6.07) is 20.3. The van der Waals surface area contributed by atoms with Gasteiger partial charge in [-0.25, -0.2) is 0 Å². The Morgan fingerprint density at radius 3 is 1.11 bits per heavy atom. The molecule has 0 aliphatic rings. The summed E-state index contributed by atoms with van der Waals surface area (Å²) in [6.07, 6.45) is 0. The number of hydrogen-bond acceptors (Lipinski definition) is 4. The second-order valence-corrected chi connectivity index (χ2v) is 8.48. The first-order valence-electron chi connectivity index (χ1n) is 10.8. The van der Waals surface area contributed by atoms with Crippen molar-refractivity contribution in [1.29, 1.82) is 0 Å². The first-order chi connectivity index (χ1) is 16.5. The number of fused-ring (bicyclic) bond motifs is 8. The average Bonchev–Trinajstić information content (AvgIpc) is 2.88. The molecule has 0 amide bonds. The second-order valence-electron chi connectivity index (χ2n) is 8.48. The average molecular weight is 506 g/mol. The molecular formula is C28H14CuN2O4. The molecule has 1 aromatic heterocycles. The summed E-state index contributed by atoms with van der Waals surface area (Å²) in [7, 11) is 0. The minimum Gasteiger partial charge on any atom is -0.351 e. The molecule has 7 heteroatoms. The van der Waals surface area contributed by atoms with Crippen LogP contribution in [-0.2, 0) is 17.1 Å². The molecule has 1 radical (unpaired) electrons. The summed E-state index contributed by atoms with van der Waals surface area (Å²) in [4.78, 5) is 59.5. The number of nitrogens with one attached hydrogen (secondary N) is 2. The number of hydrogen-bond donors (Lipinski definition) is 2. The zero-order chi connectivity index (χ0) is 23.1. The molecule has 0 atom stereocenters. The van der Waals surface area contributed by atoms with Crippen LogP contribution in [0.25, 0.3) is 65.2 Å². The molecule has 6 nitrogen and oxygen atoms in total. The summed E-state index contributed by atoms with van der Waals surface area (Å²) in [6.45, 7) is 0.